The molecule has 2 aromatic carbocycles. The molecule has 0 aliphatic rings. The number of aliphatic hydroxyl groups is 1. The number of benzene rings is 2. The lowest BCUT2D eigenvalue weighted by atomic mass is 10.0. The summed E-state index contributed by atoms with van der Waals surface area (Å²) in [5.41, 5.74) is 0.105. The van der Waals surface area contributed by atoms with E-state index < -0.39 is 23.4 Å². The van der Waals surface area contributed by atoms with Crippen molar-refractivity contribution < 1.29 is 28.1 Å². The molecule has 2 N–H and O–H groups in total. The molecule has 2 aromatic heterocycles. The molecule has 10 nitrogen and oxygen atoms in total. The van der Waals surface area contributed by atoms with E-state index in [1.165, 1.54) is 18.2 Å². The van der Waals surface area contributed by atoms with E-state index in [4.69, 9.17) is 13.8 Å². The Labute approximate surface area is 225 Å². The second-order valence-electron chi connectivity index (χ2n) is 10.3. The molecule has 11 heteroatoms. The highest BCUT2D eigenvalue weighted by Crippen LogP contribution is 2.28. The molecule has 1 unspecified atom stereocenters. The maximum Gasteiger partial charge on any atom is 0.268 e. The topological polar surface area (TPSA) is 136 Å². The molecule has 1 amide bonds. The van der Waals surface area contributed by atoms with Crippen LogP contribution in [0.25, 0.3) is 22.8 Å². The van der Waals surface area contributed by atoms with Crippen LogP contribution >= 0.6 is 0 Å². The molecule has 0 saturated carbocycles. The fraction of sp³-hybridized carbons (Fsp3) is 0.393. The largest absolute Gasteiger partial charge is 0.481 e. The summed E-state index contributed by atoms with van der Waals surface area (Å²) in [7, 11) is 0. The lowest BCUT2D eigenvalue weighted by Gasteiger charge is -2.23. The Hall–Kier alpha value is -4.12. The maximum absolute atomic E-state index is 14.7. The molecule has 4 aromatic rings. The Kier molecular flexibility index (Phi) is 8.39. The molecule has 39 heavy (non-hydrogen) atoms. The molecule has 0 bridgehead atoms. The van der Waals surface area contributed by atoms with Gasteiger partial charge in [0.1, 0.15) is 11.6 Å². The van der Waals surface area contributed by atoms with E-state index in [0.29, 0.717) is 41.8 Å². The van der Waals surface area contributed by atoms with E-state index in [9.17, 15) is 14.3 Å². The normalized spacial score (nSPS) is 12.5. The minimum atomic E-state index is -0.885. The number of hydrogen-bond donors (Lipinski definition) is 2. The first-order valence-corrected chi connectivity index (χ1v) is 12.7. The van der Waals surface area contributed by atoms with Crippen molar-refractivity contribution in [2.45, 2.75) is 59.1 Å². The zero-order valence-electron chi connectivity index (χ0n) is 22.6. The quantitative estimate of drug-likeness (QED) is 0.266. The second kappa shape index (κ2) is 11.7. The van der Waals surface area contributed by atoms with Gasteiger partial charge in [0.25, 0.3) is 11.8 Å². The predicted molar refractivity (Wildman–Crippen MR) is 140 cm³/mol. The third-order valence-corrected chi connectivity index (χ3v) is 5.85. The highest BCUT2D eigenvalue weighted by atomic mass is 19.1. The van der Waals surface area contributed by atoms with Crippen LogP contribution in [0.5, 0.6) is 5.75 Å². The van der Waals surface area contributed by atoms with Crippen molar-refractivity contribution in [1.29, 1.82) is 0 Å². The fourth-order valence-electron chi connectivity index (χ4n) is 3.70. The van der Waals surface area contributed by atoms with Crippen LogP contribution in [0, 0.1) is 11.7 Å². The van der Waals surface area contributed by atoms with Gasteiger partial charge in [-0.2, -0.15) is 9.97 Å². The van der Waals surface area contributed by atoms with Crippen molar-refractivity contribution >= 4 is 5.91 Å². The second-order valence-corrected chi connectivity index (χ2v) is 10.3. The van der Waals surface area contributed by atoms with Crippen LogP contribution in [0.4, 0.5) is 4.39 Å². The number of aliphatic hydroxyl groups excluding tert-OH is 1. The van der Waals surface area contributed by atoms with Gasteiger partial charge in [0.05, 0.1) is 17.7 Å². The van der Waals surface area contributed by atoms with Crippen molar-refractivity contribution in [3.05, 3.63) is 65.6 Å². The summed E-state index contributed by atoms with van der Waals surface area (Å²) in [6.07, 6.45) is 0.727. The van der Waals surface area contributed by atoms with E-state index in [-0.39, 0.29) is 23.9 Å². The molecular weight excluding hydrogens is 505 g/mol. The Morgan fingerprint density at radius 2 is 1.72 bits per heavy atom. The lowest BCUT2D eigenvalue weighted by molar-refractivity contribution is 0.0865. The number of aromatic nitrogens is 4. The average molecular weight is 538 g/mol. The third kappa shape index (κ3) is 6.85. The van der Waals surface area contributed by atoms with Gasteiger partial charge < -0.3 is 24.2 Å². The Balaban J connectivity index is 1.44. The first-order valence-electron chi connectivity index (χ1n) is 12.7. The van der Waals surface area contributed by atoms with Crippen molar-refractivity contribution in [3.8, 4) is 28.5 Å². The van der Waals surface area contributed by atoms with Crippen LogP contribution in [0.2, 0.25) is 0 Å². The smallest absolute Gasteiger partial charge is 0.268 e. The molecule has 0 radical (unpaired) electrons. The van der Waals surface area contributed by atoms with Crippen LogP contribution in [0.3, 0.4) is 0 Å². The van der Waals surface area contributed by atoms with Gasteiger partial charge in [-0.3, -0.25) is 4.79 Å². The molecule has 0 saturated heterocycles. The first kappa shape index (κ1) is 27.9. The summed E-state index contributed by atoms with van der Waals surface area (Å²) >= 11 is 0. The zero-order valence-corrected chi connectivity index (χ0v) is 22.6. The summed E-state index contributed by atoms with van der Waals surface area (Å²) in [5, 5.41) is 19.9. The van der Waals surface area contributed by atoms with Gasteiger partial charge in [0.15, 0.2) is 6.10 Å². The molecule has 0 aliphatic heterocycles. The van der Waals surface area contributed by atoms with Crippen LogP contribution < -0.4 is 10.1 Å². The molecule has 206 valence electrons. The number of hydrogen-bond acceptors (Lipinski definition) is 9. The molecular formula is C28H32FN5O5. The summed E-state index contributed by atoms with van der Waals surface area (Å²) in [4.78, 5) is 21.2. The molecule has 4 rings (SSSR count). The number of nitrogens with one attached hydrogen (secondary N) is 1. The number of carbonyl (C=O) groups is 1. The number of nitrogens with zero attached hydrogens (tertiary/aromatic N) is 4. The molecule has 0 fully saturated rings. The number of amides is 1. The summed E-state index contributed by atoms with van der Waals surface area (Å²) in [6.45, 7) is 9.07. The van der Waals surface area contributed by atoms with E-state index in [2.05, 4.69) is 39.4 Å². The predicted octanol–water partition coefficient (Wildman–Crippen LogP) is 5.16. The summed E-state index contributed by atoms with van der Waals surface area (Å²) in [5.74, 6) is 1.14. The number of carbonyl (C=O) groups excluding carboxylic acids is 1. The standard InChI is InChI=1S/C28H32FN5O5/c1-6-22(37-19-10-7-17(8-11-19)24-30-23(38-33-24)13-16(2)3)27-31-25(34-39-27)18-9-12-20(21(29)14-18)26(36)32-28(4,5)15-35/h7-12,14,16,22,35H,6,13,15H2,1-5H3,(H,32,36). The lowest BCUT2D eigenvalue weighted by Crippen LogP contribution is -2.46. The SMILES string of the molecule is CCC(Oc1ccc(-c2noc(CC(C)C)n2)cc1)c1nc(-c2ccc(C(=O)NC(C)(C)CO)c(F)c2)no1. The molecule has 1 atom stereocenters. The van der Waals surface area contributed by atoms with E-state index in [0.717, 1.165) is 5.56 Å². The van der Waals surface area contributed by atoms with E-state index in [1.807, 2.05) is 19.1 Å². The third-order valence-electron chi connectivity index (χ3n) is 5.85. The van der Waals surface area contributed by atoms with Crippen molar-refractivity contribution in [1.82, 2.24) is 25.6 Å². The van der Waals surface area contributed by atoms with Gasteiger partial charge in [-0.1, -0.05) is 37.2 Å². The average Bonchev–Trinajstić information content (AvgIpc) is 3.57. The minimum absolute atomic E-state index is 0.154. The van der Waals surface area contributed by atoms with Crippen molar-refractivity contribution in [2.24, 2.45) is 5.92 Å². The molecule has 2 heterocycles. The van der Waals surface area contributed by atoms with E-state index in [1.54, 1.807) is 26.0 Å². The minimum Gasteiger partial charge on any atom is -0.481 e. The molecule has 0 aliphatic carbocycles. The van der Waals surface area contributed by atoms with Crippen LogP contribution in [0.15, 0.2) is 51.5 Å². The highest BCUT2D eigenvalue weighted by Gasteiger charge is 2.24. The number of rotatable bonds is 11. The van der Waals surface area contributed by atoms with Crippen LogP contribution in [-0.4, -0.2) is 43.4 Å². The van der Waals surface area contributed by atoms with Gasteiger partial charge in [-0.15, -0.1) is 0 Å². The van der Waals surface area contributed by atoms with Gasteiger partial charge in [0.2, 0.25) is 17.5 Å². The van der Waals surface area contributed by atoms with E-state index >= 15 is 0 Å². The summed E-state index contributed by atoms with van der Waals surface area (Å²) in [6, 6.07) is 11.3. The summed E-state index contributed by atoms with van der Waals surface area (Å²) < 4.78 is 31.6. The number of halogens is 1. The Morgan fingerprint density at radius 3 is 2.36 bits per heavy atom. The van der Waals surface area contributed by atoms with Crippen molar-refractivity contribution in [2.75, 3.05) is 6.61 Å². The van der Waals surface area contributed by atoms with Crippen LogP contribution in [0.1, 0.15) is 69.3 Å². The first-order chi connectivity index (χ1) is 18.6. The van der Waals surface area contributed by atoms with Gasteiger partial charge in [0, 0.05) is 17.5 Å². The Bertz CT molecular complexity index is 1410. The van der Waals surface area contributed by atoms with Gasteiger partial charge in [-0.05, 0) is 62.6 Å². The monoisotopic (exact) mass is 537 g/mol. The van der Waals surface area contributed by atoms with Crippen LogP contribution in [-0.2, 0) is 6.42 Å². The maximum atomic E-state index is 14.7. The highest BCUT2D eigenvalue weighted by molar-refractivity contribution is 5.95. The van der Waals surface area contributed by atoms with Gasteiger partial charge >= 0.3 is 0 Å². The number of ether oxygens (including phenoxy) is 1. The zero-order chi connectivity index (χ0) is 28.2. The fourth-order valence-corrected chi connectivity index (χ4v) is 3.70. The van der Waals surface area contributed by atoms with Crippen molar-refractivity contribution in [3.63, 3.8) is 0 Å². The molecule has 0 spiro atoms. The van der Waals surface area contributed by atoms with Gasteiger partial charge in [-0.25, -0.2) is 4.39 Å². The Morgan fingerprint density at radius 1 is 1.05 bits per heavy atom.